The van der Waals surface area contributed by atoms with Crippen LogP contribution in [0.5, 0.6) is 0 Å². The van der Waals surface area contributed by atoms with Gasteiger partial charge in [-0.05, 0) is 19.1 Å². The first-order chi connectivity index (χ1) is 8.77. The molecule has 0 fully saturated rings. The molecule has 0 bridgehead atoms. The van der Waals surface area contributed by atoms with Crippen LogP contribution in [0.1, 0.15) is 18.2 Å². The Kier molecular flexibility index (Phi) is 3.60. The molecule has 2 N–H and O–H groups in total. The summed E-state index contributed by atoms with van der Waals surface area (Å²) in [6, 6.07) is 11.5. The first-order valence-electron chi connectivity index (χ1n) is 5.68. The molecule has 0 amide bonds. The maximum absolute atomic E-state index is 9.12. The van der Waals surface area contributed by atoms with E-state index in [1.165, 1.54) is 0 Å². The maximum Gasteiger partial charge on any atom is 0.145 e. The molecule has 0 radical (unpaired) electrons. The van der Waals surface area contributed by atoms with Gasteiger partial charge in [0.15, 0.2) is 0 Å². The van der Waals surface area contributed by atoms with E-state index in [0.29, 0.717) is 30.3 Å². The fraction of sp³-hybridized carbons (Fsp3) is 0.231. The Morgan fingerprint density at radius 2 is 2.11 bits per heavy atom. The van der Waals surface area contributed by atoms with E-state index in [1.807, 2.05) is 37.3 Å². The van der Waals surface area contributed by atoms with Crippen LogP contribution in [0.15, 0.2) is 30.3 Å². The van der Waals surface area contributed by atoms with Crippen LogP contribution in [0.25, 0.3) is 5.69 Å². The van der Waals surface area contributed by atoms with E-state index in [9.17, 15) is 0 Å². The molecule has 0 aliphatic carbocycles. The average Bonchev–Trinajstić information content (AvgIpc) is 2.73. The highest BCUT2D eigenvalue weighted by molar-refractivity contribution is 5.56. The van der Waals surface area contributed by atoms with Gasteiger partial charge < -0.3 is 10.5 Å². The fourth-order valence-electron chi connectivity index (χ4n) is 1.67. The third kappa shape index (κ3) is 2.19. The Morgan fingerprint density at radius 1 is 1.39 bits per heavy atom. The van der Waals surface area contributed by atoms with Crippen LogP contribution in [-0.4, -0.2) is 16.4 Å². The van der Waals surface area contributed by atoms with Crippen LogP contribution in [0, 0.1) is 11.3 Å². The molecule has 2 rings (SSSR count). The topological polar surface area (TPSA) is 76.9 Å². The lowest BCUT2D eigenvalue weighted by Gasteiger charge is -2.02. The van der Waals surface area contributed by atoms with Gasteiger partial charge >= 0.3 is 0 Å². The third-order valence-corrected chi connectivity index (χ3v) is 2.55. The molecular formula is C13H14N4O. The minimum Gasteiger partial charge on any atom is -0.382 e. The van der Waals surface area contributed by atoms with Crippen molar-refractivity contribution in [2.24, 2.45) is 0 Å². The number of nitrogens with two attached hydrogens (primary N) is 1. The van der Waals surface area contributed by atoms with E-state index < -0.39 is 0 Å². The van der Waals surface area contributed by atoms with Crippen molar-refractivity contribution in [3.8, 4) is 11.8 Å². The average molecular weight is 242 g/mol. The van der Waals surface area contributed by atoms with Gasteiger partial charge in [0, 0.05) is 6.61 Å². The summed E-state index contributed by atoms with van der Waals surface area (Å²) in [5.41, 5.74) is 7.72. The van der Waals surface area contributed by atoms with Gasteiger partial charge in [-0.1, -0.05) is 18.2 Å². The zero-order valence-electron chi connectivity index (χ0n) is 10.1. The van der Waals surface area contributed by atoms with Crippen LogP contribution < -0.4 is 5.73 Å². The Morgan fingerprint density at radius 3 is 2.72 bits per heavy atom. The van der Waals surface area contributed by atoms with Crippen molar-refractivity contribution >= 4 is 5.82 Å². The smallest absolute Gasteiger partial charge is 0.145 e. The molecule has 1 aromatic carbocycles. The van der Waals surface area contributed by atoms with Crippen molar-refractivity contribution in [3.05, 3.63) is 41.6 Å². The van der Waals surface area contributed by atoms with Gasteiger partial charge in [0.05, 0.1) is 12.3 Å². The predicted octanol–water partition coefficient (Wildman–Crippen LogP) is 1.86. The molecule has 0 aliphatic rings. The molecule has 92 valence electrons. The summed E-state index contributed by atoms with van der Waals surface area (Å²) in [6.45, 7) is 2.76. The van der Waals surface area contributed by atoms with Crippen LogP contribution in [-0.2, 0) is 11.3 Å². The summed E-state index contributed by atoms with van der Waals surface area (Å²) in [5.74, 6) is 0.346. The number of benzene rings is 1. The molecule has 5 nitrogen and oxygen atoms in total. The van der Waals surface area contributed by atoms with E-state index in [4.69, 9.17) is 15.7 Å². The Hall–Kier alpha value is -2.32. The standard InChI is InChI=1S/C13H14N4O/c1-2-18-9-12-11(8-14)13(15)17(16-12)10-6-4-3-5-7-10/h3-7H,2,9,15H2,1H3. The SMILES string of the molecule is CCOCc1nn(-c2ccccc2)c(N)c1C#N. The van der Waals surface area contributed by atoms with Crippen LogP contribution >= 0.6 is 0 Å². The Labute approximate surface area is 105 Å². The number of hydrogen-bond acceptors (Lipinski definition) is 4. The summed E-state index contributed by atoms with van der Waals surface area (Å²) in [5, 5.41) is 13.5. The lowest BCUT2D eigenvalue weighted by Crippen LogP contribution is -2.02. The second kappa shape index (κ2) is 5.34. The highest BCUT2D eigenvalue weighted by Crippen LogP contribution is 2.20. The van der Waals surface area contributed by atoms with E-state index >= 15 is 0 Å². The van der Waals surface area contributed by atoms with Crippen molar-refractivity contribution < 1.29 is 4.74 Å². The fourth-order valence-corrected chi connectivity index (χ4v) is 1.67. The summed E-state index contributed by atoms with van der Waals surface area (Å²) in [6.07, 6.45) is 0. The number of hydrogen-bond donors (Lipinski definition) is 1. The minimum absolute atomic E-state index is 0.295. The normalized spacial score (nSPS) is 10.2. The summed E-state index contributed by atoms with van der Waals surface area (Å²) < 4.78 is 6.85. The first-order valence-corrected chi connectivity index (χ1v) is 5.68. The van der Waals surface area contributed by atoms with Gasteiger partial charge in [-0.15, -0.1) is 0 Å². The molecule has 0 spiro atoms. The molecule has 0 saturated heterocycles. The van der Waals surface area contributed by atoms with Gasteiger partial charge in [-0.3, -0.25) is 0 Å². The summed E-state index contributed by atoms with van der Waals surface area (Å²) >= 11 is 0. The molecule has 1 heterocycles. The minimum atomic E-state index is 0.295. The van der Waals surface area contributed by atoms with Gasteiger partial charge in [0.1, 0.15) is 23.1 Å². The molecule has 0 atom stereocenters. The van der Waals surface area contributed by atoms with Gasteiger partial charge in [-0.2, -0.15) is 10.4 Å². The number of aromatic nitrogens is 2. The number of nitriles is 1. The molecule has 0 unspecified atom stereocenters. The summed E-state index contributed by atoms with van der Waals surface area (Å²) in [7, 11) is 0. The van der Waals surface area contributed by atoms with Gasteiger partial charge in [0.25, 0.3) is 0 Å². The second-order valence-electron chi connectivity index (χ2n) is 3.70. The molecule has 2 aromatic rings. The number of ether oxygens (including phenoxy) is 1. The molecular weight excluding hydrogens is 228 g/mol. The number of nitrogens with zero attached hydrogens (tertiary/aromatic N) is 3. The summed E-state index contributed by atoms with van der Waals surface area (Å²) in [4.78, 5) is 0. The van der Waals surface area contributed by atoms with Crippen molar-refractivity contribution in [2.45, 2.75) is 13.5 Å². The third-order valence-electron chi connectivity index (χ3n) is 2.55. The van der Waals surface area contributed by atoms with Crippen molar-refractivity contribution in [1.29, 1.82) is 5.26 Å². The monoisotopic (exact) mass is 242 g/mol. The van der Waals surface area contributed by atoms with Crippen LogP contribution in [0.4, 0.5) is 5.82 Å². The largest absolute Gasteiger partial charge is 0.382 e. The van der Waals surface area contributed by atoms with E-state index in [0.717, 1.165) is 5.69 Å². The number of rotatable bonds is 4. The van der Waals surface area contributed by atoms with E-state index in [-0.39, 0.29) is 0 Å². The highest BCUT2D eigenvalue weighted by Gasteiger charge is 2.16. The second-order valence-corrected chi connectivity index (χ2v) is 3.70. The maximum atomic E-state index is 9.12. The molecule has 1 aromatic heterocycles. The Bertz CT molecular complexity index is 569. The van der Waals surface area contributed by atoms with E-state index in [1.54, 1.807) is 4.68 Å². The molecule has 0 saturated carbocycles. The zero-order valence-corrected chi connectivity index (χ0v) is 10.1. The lowest BCUT2D eigenvalue weighted by molar-refractivity contribution is 0.131. The lowest BCUT2D eigenvalue weighted by atomic mass is 10.2. The number of nitrogen functional groups attached to an aromatic ring is 1. The van der Waals surface area contributed by atoms with Crippen molar-refractivity contribution in [1.82, 2.24) is 9.78 Å². The van der Waals surface area contributed by atoms with Crippen molar-refractivity contribution in [2.75, 3.05) is 12.3 Å². The predicted molar refractivity (Wildman–Crippen MR) is 68.0 cm³/mol. The molecule has 5 heteroatoms. The number of anilines is 1. The van der Waals surface area contributed by atoms with E-state index in [2.05, 4.69) is 11.2 Å². The van der Waals surface area contributed by atoms with Crippen LogP contribution in [0.3, 0.4) is 0 Å². The molecule has 0 aliphatic heterocycles. The van der Waals surface area contributed by atoms with Crippen molar-refractivity contribution in [3.63, 3.8) is 0 Å². The highest BCUT2D eigenvalue weighted by atomic mass is 16.5. The zero-order chi connectivity index (χ0) is 13.0. The first kappa shape index (κ1) is 12.1. The molecule has 18 heavy (non-hydrogen) atoms. The van der Waals surface area contributed by atoms with Gasteiger partial charge in [0.2, 0.25) is 0 Å². The van der Waals surface area contributed by atoms with Gasteiger partial charge in [-0.25, -0.2) is 4.68 Å². The van der Waals surface area contributed by atoms with Crippen LogP contribution in [0.2, 0.25) is 0 Å². The quantitative estimate of drug-likeness (QED) is 0.887. The number of para-hydroxylation sites is 1. The Balaban J connectivity index is 2.44.